The molecule has 0 spiro atoms. The molecule has 0 fully saturated rings. The molecule has 1 atom stereocenters. The van der Waals surface area contributed by atoms with Crippen molar-refractivity contribution < 1.29 is 19.1 Å². The maximum absolute atomic E-state index is 12.4. The second kappa shape index (κ2) is 4.50. The number of hydrogen-bond acceptors (Lipinski definition) is 3. The topological polar surface area (TPSA) is 79.3 Å². The van der Waals surface area contributed by atoms with Gasteiger partial charge in [0, 0.05) is 6.20 Å². The van der Waals surface area contributed by atoms with Gasteiger partial charge in [0.15, 0.2) is 0 Å². The summed E-state index contributed by atoms with van der Waals surface area (Å²) in [5, 5.41) is 10.7. The van der Waals surface area contributed by atoms with Gasteiger partial charge < -0.3 is 10.4 Å². The fourth-order valence-electron chi connectivity index (χ4n) is 0.852. The Morgan fingerprint density at radius 2 is 2.20 bits per heavy atom. The summed E-state index contributed by atoms with van der Waals surface area (Å²) in [7, 11) is 0. The lowest BCUT2D eigenvalue weighted by molar-refractivity contribution is -0.138. The molecule has 1 amide bonds. The number of rotatable bonds is 3. The Bertz CT molecular complexity index is 377. The summed E-state index contributed by atoms with van der Waals surface area (Å²) in [4.78, 5) is 25.0. The van der Waals surface area contributed by atoms with Crippen molar-refractivity contribution in [2.45, 2.75) is 13.0 Å². The van der Waals surface area contributed by atoms with Crippen LogP contribution in [-0.4, -0.2) is 28.0 Å². The summed E-state index contributed by atoms with van der Waals surface area (Å²) in [5.41, 5.74) is 0.115. The van der Waals surface area contributed by atoms with Gasteiger partial charge in [0.25, 0.3) is 5.91 Å². The number of pyridine rings is 1. The zero-order chi connectivity index (χ0) is 11.4. The first-order valence-corrected chi connectivity index (χ1v) is 4.16. The molecule has 1 rings (SSSR count). The lowest BCUT2D eigenvalue weighted by atomic mass is 10.2. The minimum absolute atomic E-state index is 0.115. The fraction of sp³-hybridized carbons (Fsp3) is 0.222. The first-order valence-electron chi connectivity index (χ1n) is 4.16. The number of aliphatic carboxylic acids is 1. The number of carboxylic acid groups (broad SMARTS) is 1. The van der Waals surface area contributed by atoms with Crippen LogP contribution in [0.2, 0.25) is 0 Å². The van der Waals surface area contributed by atoms with E-state index in [0.717, 1.165) is 12.3 Å². The van der Waals surface area contributed by atoms with E-state index in [-0.39, 0.29) is 5.56 Å². The molecule has 0 bridgehead atoms. The highest BCUT2D eigenvalue weighted by atomic mass is 19.1. The van der Waals surface area contributed by atoms with Crippen molar-refractivity contribution in [2.75, 3.05) is 0 Å². The van der Waals surface area contributed by atoms with Crippen LogP contribution in [0.5, 0.6) is 0 Å². The molecule has 0 unspecified atom stereocenters. The molecular weight excluding hydrogens is 203 g/mol. The van der Waals surface area contributed by atoms with Crippen molar-refractivity contribution in [3.63, 3.8) is 0 Å². The minimum Gasteiger partial charge on any atom is -0.480 e. The van der Waals surface area contributed by atoms with Crippen LogP contribution >= 0.6 is 0 Å². The van der Waals surface area contributed by atoms with Crippen LogP contribution in [0.4, 0.5) is 4.39 Å². The van der Waals surface area contributed by atoms with Crippen molar-refractivity contribution in [1.82, 2.24) is 10.3 Å². The first kappa shape index (κ1) is 11.1. The molecule has 5 nitrogen and oxygen atoms in total. The standard InChI is InChI=1S/C9H9FN2O3/c1-5(9(14)15)12-8(13)6-2-3-7(10)11-4-6/h2-5H,1H3,(H,12,13)(H,14,15)/t5-/m0/s1. The monoisotopic (exact) mass is 212 g/mol. The molecule has 0 aliphatic carbocycles. The predicted octanol–water partition coefficient (Wildman–Crippen LogP) is 0.424. The Kier molecular flexibility index (Phi) is 3.33. The molecule has 0 aliphatic rings. The summed E-state index contributed by atoms with van der Waals surface area (Å²) >= 11 is 0. The maximum Gasteiger partial charge on any atom is 0.325 e. The highest BCUT2D eigenvalue weighted by Gasteiger charge is 2.15. The summed E-state index contributed by atoms with van der Waals surface area (Å²) in [6, 6.07) is 1.26. The zero-order valence-corrected chi connectivity index (χ0v) is 7.90. The summed E-state index contributed by atoms with van der Waals surface area (Å²) in [6.07, 6.45) is 1.04. The van der Waals surface area contributed by atoms with E-state index in [0.29, 0.717) is 0 Å². The number of carboxylic acids is 1. The number of nitrogens with zero attached hydrogens (tertiary/aromatic N) is 1. The maximum atomic E-state index is 12.4. The number of amides is 1. The predicted molar refractivity (Wildman–Crippen MR) is 48.8 cm³/mol. The van der Waals surface area contributed by atoms with Gasteiger partial charge >= 0.3 is 5.97 Å². The molecule has 0 aliphatic heterocycles. The van der Waals surface area contributed by atoms with Gasteiger partial charge in [-0.05, 0) is 19.1 Å². The van der Waals surface area contributed by atoms with Gasteiger partial charge in [0.05, 0.1) is 5.56 Å². The molecule has 0 radical (unpaired) electrons. The van der Waals surface area contributed by atoms with Gasteiger partial charge in [-0.2, -0.15) is 4.39 Å². The Hall–Kier alpha value is -1.98. The van der Waals surface area contributed by atoms with Crippen molar-refractivity contribution in [1.29, 1.82) is 0 Å². The van der Waals surface area contributed by atoms with E-state index in [1.807, 2.05) is 0 Å². The second-order valence-electron chi connectivity index (χ2n) is 2.90. The van der Waals surface area contributed by atoms with Crippen LogP contribution in [0, 0.1) is 5.95 Å². The molecule has 1 aromatic rings. The van der Waals surface area contributed by atoms with E-state index in [4.69, 9.17) is 5.11 Å². The average Bonchev–Trinajstić information content (AvgIpc) is 2.18. The third-order valence-electron chi connectivity index (χ3n) is 1.71. The quantitative estimate of drug-likeness (QED) is 0.712. The van der Waals surface area contributed by atoms with Crippen LogP contribution in [-0.2, 0) is 4.79 Å². The first-order chi connectivity index (χ1) is 7.00. The Labute approximate surface area is 84.9 Å². The Morgan fingerprint density at radius 1 is 1.53 bits per heavy atom. The zero-order valence-electron chi connectivity index (χ0n) is 7.90. The van der Waals surface area contributed by atoms with Gasteiger partial charge in [-0.3, -0.25) is 9.59 Å². The van der Waals surface area contributed by atoms with Crippen LogP contribution in [0.15, 0.2) is 18.3 Å². The van der Waals surface area contributed by atoms with Crippen LogP contribution in [0.3, 0.4) is 0 Å². The molecule has 0 saturated carbocycles. The molecule has 1 aromatic heterocycles. The Morgan fingerprint density at radius 3 is 2.67 bits per heavy atom. The van der Waals surface area contributed by atoms with E-state index in [1.54, 1.807) is 0 Å². The van der Waals surface area contributed by atoms with E-state index in [2.05, 4.69) is 10.3 Å². The lowest BCUT2D eigenvalue weighted by Crippen LogP contribution is -2.38. The normalized spacial score (nSPS) is 11.9. The smallest absolute Gasteiger partial charge is 0.325 e. The molecule has 6 heteroatoms. The number of carbonyl (C=O) groups is 2. The molecule has 15 heavy (non-hydrogen) atoms. The summed E-state index contributed by atoms with van der Waals surface area (Å²) in [5.74, 6) is -2.44. The van der Waals surface area contributed by atoms with Gasteiger partial charge in [-0.1, -0.05) is 0 Å². The van der Waals surface area contributed by atoms with Crippen LogP contribution in [0.25, 0.3) is 0 Å². The van der Waals surface area contributed by atoms with Crippen molar-refractivity contribution >= 4 is 11.9 Å². The van der Waals surface area contributed by atoms with E-state index >= 15 is 0 Å². The third-order valence-corrected chi connectivity index (χ3v) is 1.71. The highest BCUT2D eigenvalue weighted by molar-refractivity contribution is 5.96. The average molecular weight is 212 g/mol. The number of aromatic nitrogens is 1. The van der Waals surface area contributed by atoms with Crippen LogP contribution in [0.1, 0.15) is 17.3 Å². The third kappa shape index (κ3) is 3.01. The van der Waals surface area contributed by atoms with Gasteiger partial charge in [-0.25, -0.2) is 4.98 Å². The molecule has 1 heterocycles. The largest absolute Gasteiger partial charge is 0.480 e. The van der Waals surface area contributed by atoms with Crippen molar-refractivity contribution in [3.05, 3.63) is 29.8 Å². The number of hydrogen-bond donors (Lipinski definition) is 2. The molecular formula is C9H9FN2O3. The number of halogens is 1. The number of nitrogens with one attached hydrogen (secondary N) is 1. The van der Waals surface area contributed by atoms with E-state index in [1.165, 1.54) is 13.0 Å². The number of carbonyl (C=O) groups excluding carboxylic acids is 1. The summed E-state index contributed by atoms with van der Waals surface area (Å²) in [6.45, 7) is 1.33. The minimum atomic E-state index is -1.14. The fourth-order valence-corrected chi connectivity index (χ4v) is 0.852. The molecule has 2 N–H and O–H groups in total. The molecule has 0 aromatic carbocycles. The summed E-state index contributed by atoms with van der Waals surface area (Å²) < 4.78 is 12.4. The second-order valence-corrected chi connectivity index (χ2v) is 2.90. The molecule has 0 saturated heterocycles. The SMILES string of the molecule is C[C@H](NC(=O)c1ccc(F)nc1)C(=O)O. The van der Waals surface area contributed by atoms with E-state index < -0.39 is 23.9 Å². The Balaban J connectivity index is 2.69. The van der Waals surface area contributed by atoms with Crippen LogP contribution < -0.4 is 5.32 Å². The van der Waals surface area contributed by atoms with Crippen molar-refractivity contribution in [2.24, 2.45) is 0 Å². The molecule has 80 valence electrons. The van der Waals surface area contributed by atoms with E-state index in [9.17, 15) is 14.0 Å². The van der Waals surface area contributed by atoms with Gasteiger partial charge in [0.2, 0.25) is 5.95 Å². The highest BCUT2D eigenvalue weighted by Crippen LogP contribution is 1.99. The lowest BCUT2D eigenvalue weighted by Gasteiger charge is -2.08. The van der Waals surface area contributed by atoms with Gasteiger partial charge in [-0.15, -0.1) is 0 Å². The van der Waals surface area contributed by atoms with Gasteiger partial charge in [0.1, 0.15) is 6.04 Å². The van der Waals surface area contributed by atoms with Crippen molar-refractivity contribution in [3.8, 4) is 0 Å².